The van der Waals surface area contributed by atoms with Crippen LogP contribution in [0.5, 0.6) is 0 Å². The molecule has 0 aromatic rings. The molecule has 0 fully saturated rings. The van der Waals surface area contributed by atoms with E-state index >= 15 is 0 Å². The molecule has 0 saturated carbocycles. The van der Waals surface area contributed by atoms with Gasteiger partial charge in [-0.3, -0.25) is 14.4 Å². The van der Waals surface area contributed by atoms with E-state index in [1.165, 1.54) is 20.8 Å². The van der Waals surface area contributed by atoms with Crippen LogP contribution >= 0.6 is 30.1 Å². The Kier molecular flexibility index (Phi) is 34.9. The van der Waals surface area contributed by atoms with Crippen LogP contribution in [-0.4, -0.2) is 37.7 Å². The average Bonchev–Trinajstić information content (AvgIpc) is 2.28. The summed E-state index contributed by atoms with van der Waals surface area (Å²) in [5.74, 6) is -0.632. The van der Waals surface area contributed by atoms with Gasteiger partial charge in [-0.1, -0.05) is 0 Å². The van der Waals surface area contributed by atoms with Crippen LogP contribution in [0, 0.1) is 0 Å². The van der Waals surface area contributed by atoms with Crippen molar-refractivity contribution in [3.63, 3.8) is 0 Å². The van der Waals surface area contributed by atoms with Gasteiger partial charge in [0.15, 0.2) is 0 Å². The Hall–Kier alpha value is -0.188. The van der Waals surface area contributed by atoms with Crippen LogP contribution in [-0.2, 0) is 40.0 Å². The molecule has 135 valence electrons. The van der Waals surface area contributed by atoms with Crippen molar-refractivity contribution in [3.8, 4) is 0 Å². The van der Waals surface area contributed by atoms with Crippen molar-refractivity contribution in [3.05, 3.63) is 0 Å². The second-order valence-corrected chi connectivity index (χ2v) is 9.27. The number of carbonyl (C=O) groups is 3. The second kappa shape index (κ2) is 25.7. The van der Waals surface area contributed by atoms with Crippen molar-refractivity contribution in [1.29, 1.82) is 0 Å². The minimum absolute atomic E-state index is 0.211. The number of rotatable bonds is 3. The standard InChI is InChI=1S/3C4H8O2.3ClH.Cr/c3*1-3-6-4(2)5;;;;/h3*3H2,1-2H3;3*1H;/q;;;;;;+3/p-3. The summed E-state index contributed by atoms with van der Waals surface area (Å²) < 4.78 is 13.2. The Morgan fingerprint density at radius 1 is 0.682 bits per heavy atom. The summed E-state index contributed by atoms with van der Waals surface area (Å²) in [5.41, 5.74) is 0. The molecule has 0 N–H and O–H groups in total. The molecule has 0 atom stereocenters. The predicted molar refractivity (Wildman–Crippen MR) is 84.5 cm³/mol. The molecular formula is C12H24Cl3CrO6. The van der Waals surface area contributed by atoms with Crippen LogP contribution in [0.15, 0.2) is 0 Å². The molecule has 0 aromatic heterocycles. The van der Waals surface area contributed by atoms with Gasteiger partial charge in [-0.15, -0.1) is 0 Å². The molecule has 6 nitrogen and oxygen atoms in total. The summed E-state index contributed by atoms with van der Waals surface area (Å²) in [4.78, 5) is 29.5. The minimum atomic E-state index is -1.62. The van der Waals surface area contributed by atoms with Gasteiger partial charge in [0.2, 0.25) is 0 Å². The molecular weight excluding hydrogens is 398 g/mol. The third kappa shape index (κ3) is 90.3. The van der Waals surface area contributed by atoms with Crippen LogP contribution in [0.1, 0.15) is 41.5 Å². The third-order valence-electron chi connectivity index (χ3n) is 1.04. The maximum absolute atomic E-state index is 9.82. The summed E-state index contributed by atoms with van der Waals surface area (Å²) in [5, 5.41) is 0. The number of halogens is 3. The van der Waals surface area contributed by atoms with Crippen LogP contribution < -0.4 is 0 Å². The number of hydrogen-bond donors (Lipinski definition) is 0. The van der Waals surface area contributed by atoms with Gasteiger partial charge in [0.25, 0.3) is 0 Å². The van der Waals surface area contributed by atoms with E-state index in [4.69, 9.17) is 30.1 Å². The Morgan fingerprint density at radius 2 is 0.818 bits per heavy atom. The normalized spacial score (nSPS) is 7.91. The molecule has 0 bridgehead atoms. The quantitative estimate of drug-likeness (QED) is 0.509. The molecule has 0 saturated heterocycles. The van der Waals surface area contributed by atoms with Crippen molar-refractivity contribution in [2.45, 2.75) is 41.5 Å². The van der Waals surface area contributed by atoms with Crippen LogP contribution in [0.2, 0.25) is 0 Å². The van der Waals surface area contributed by atoms with Gasteiger partial charge in [-0.2, -0.15) is 0 Å². The Balaban J connectivity index is -0.0000000994. The molecule has 0 spiro atoms. The fourth-order valence-corrected chi connectivity index (χ4v) is 0.610. The van der Waals surface area contributed by atoms with E-state index in [2.05, 4.69) is 14.2 Å². The summed E-state index contributed by atoms with van der Waals surface area (Å²) >= 11 is -1.62. The molecule has 0 radical (unpaired) electrons. The molecule has 0 aliphatic heterocycles. The van der Waals surface area contributed by atoms with E-state index in [0.29, 0.717) is 19.8 Å². The summed E-state index contributed by atoms with van der Waals surface area (Å²) in [7, 11) is 14.8. The van der Waals surface area contributed by atoms with Crippen molar-refractivity contribution in [2.24, 2.45) is 0 Å². The van der Waals surface area contributed by atoms with Gasteiger partial charge in [0.05, 0.1) is 19.8 Å². The molecule has 0 amide bonds. The molecule has 0 aliphatic carbocycles. The number of carbonyl (C=O) groups excluding carboxylic acids is 3. The van der Waals surface area contributed by atoms with E-state index < -0.39 is 11.4 Å². The Labute approximate surface area is 149 Å². The van der Waals surface area contributed by atoms with E-state index in [1.807, 2.05) is 0 Å². The number of esters is 3. The van der Waals surface area contributed by atoms with Crippen LogP contribution in [0.3, 0.4) is 0 Å². The zero-order chi connectivity index (χ0) is 18.6. The third-order valence-corrected chi connectivity index (χ3v) is 1.04. The molecule has 0 aliphatic rings. The second-order valence-electron chi connectivity index (χ2n) is 2.95. The first-order valence-corrected chi connectivity index (χ1v) is 11.4. The molecule has 0 aromatic carbocycles. The fourth-order valence-electron chi connectivity index (χ4n) is 0.610. The SMILES string of the molecule is CCOC(C)=O.CCOC(C)=O.CCOC(C)=O.[Cl][Cr]([Cl])[Cl]. The molecule has 0 rings (SSSR count). The van der Waals surface area contributed by atoms with E-state index in [9.17, 15) is 14.4 Å². The monoisotopic (exact) mass is 421 g/mol. The number of ether oxygens (including phenoxy) is 3. The van der Waals surface area contributed by atoms with E-state index in [-0.39, 0.29) is 17.9 Å². The van der Waals surface area contributed by atoms with Gasteiger partial charge >= 0.3 is 59.4 Å². The van der Waals surface area contributed by atoms with Gasteiger partial charge < -0.3 is 14.2 Å². The zero-order valence-corrected chi connectivity index (χ0v) is 17.2. The van der Waals surface area contributed by atoms with E-state index in [0.717, 1.165) is 0 Å². The number of hydrogen-bond acceptors (Lipinski definition) is 6. The maximum atomic E-state index is 9.82. The topological polar surface area (TPSA) is 78.9 Å². The van der Waals surface area contributed by atoms with Crippen molar-refractivity contribution in [2.75, 3.05) is 19.8 Å². The fraction of sp³-hybridized carbons (Fsp3) is 0.750. The van der Waals surface area contributed by atoms with Crippen molar-refractivity contribution >= 4 is 48.1 Å². The first-order chi connectivity index (χ1) is 10.0. The Bertz CT molecular complexity index is 237. The molecule has 0 unspecified atom stereocenters. The van der Waals surface area contributed by atoms with Crippen molar-refractivity contribution in [1.82, 2.24) is 0 Å². The van der Waals surface area contributed by atoms with Crippen molar-refractivity contribution < 1.29 is 40.0 Å². The van der Waals surface area contributed by atoms with Gasteiger partial charge in [-0.25, -0.2) is 0 Å². The molecule has 22 heavy (non-hydrogen) atoms. The van der Waals surface area contributed by atoms with Gasteiger partial charge in [-0.05, 0) is 20.8 Å². The first-order valence-electron chi connectivity index (χ1n) is 6.18. The molecule has 0 heterocycles. The average molecular weight is 423 g/mol. The summed E-state index contributed by atoms with van der Waals surface area (Å²) in [6, 6.07) is 0. The predicted octanol–water partition coefficient (Wildman–Crippen LogP) is 3.77. The first kappa shape index (κ1) is 29.8. The van der Waals surface area contributed by atoms with Crippen LogP contribution in [0.25, 0.3) is 0 Å². The van der Waals surface area contributed by atoms with E-state index in [1.54, 1.807) is 20.8 Å². The van der Waals surface area contributed by atoms with Crippen LogP contribution in [0.4, 0.5) is 0 Å². The summed E-state index contributed by atoms with van der Waals surface area (Å²) in [6.45, 7) is 11.0. The summed E-state index contributed by atoms with van der Waals surface area (Å²) in [6.07, 6.45) is 0. The molecule has 10 heteroatoms. The van der Waals surface area contributed by atoms with Gasteiger partial charge in [0, 0.05) is 20.8 Å². The zero-order valence-electron chi connectivity index (χ0n) is 13.6. The Morgan fingerprint density at radius 3 is 0.818 bits per heavy atom. The van der Waals surface area contributed by atoms with Gasteiger partial charge in [0.1, 0.15) is 0 Å².